The van der Waals surface area contributed by atoms with Crippen LogP contribution in [0.1, 0.15) is 27.2 Å². The van der Waals surface area contributed by atoms with E-state index in [2.05, 4.69) is 15.4 Å². The van der Waals surface area contributed by atoms with Crippen LogP contribution in [0.15, 0.2) is 65.8 Å². The quantitative estimate of drug-likeness (QED) is 0.570. The van der Waals surface area contributed by atoms with Crippen LogP contribution in [0.25, 0.3) is 10.9 Å². The van der Waals surface area contributed by atoms with Gasteiger partial charge in [-0.05, 0) is 24.6 Å². The smallest absolute Gasteiger partial charge is 0.260 e. The number of fused-ring (bicyclic) bond motifs is 1. The molecular formula is C22H21N5O2. The summed E-state index contributed by atoms with van der Waals surface area (Å²) in [6.07, 6.45) is 5.29. The molecule has 1 N–H and O–H groups in total. The Kier molecular flexibility index (Phi) is 4.95. The fourth-order valence-electron chi connectivity index (χ4n) is 3.28. The van der Waals surface area contributed by atoms with Crippen LogP contribution in [-0.2, 0) is 20.1 Å². The summed E-state index contributed by atoms with van der Waals surface area (Å²) in [6, 6.07) is 13.2. The molecule has 4 rings (SSSR count). The summed E-state index contributed by atoms with van der Waals surface area (Å²) >= 11 is 0. The van der Waals surface area contributed by atoms with E-state index >= 15 is 0 Å². The van der Waals surface area contributed by atoms with Gasteiger partial charge in [0.2, 0.25) is 0 Å². The maximum atomic E-state index is 13.0. The number of nitrogens with one attached hydrogen (secondary N) is 1. The van der Waals surface area contributed by atoms with E-state index in [1.54, 1.807) is 34.6 Å². The van der Waals surface area contributed by atoms with E-state index in [1.165, 1.54) is 0 Å². The fraction of sp³-hybridized carbons (Fsp3) is 0.182. The zero-order chi connectivity index (χ0) is 20.4. The van der Waals surface area contributed by atoms with Gasteiger partial charge < -0.3 is 9.88 Å². The lowest BCUT2D eigenvalue weighted by atomic mass is 10.1. The molecule has 0 aliphatic carbocycles. The Morgan fingerprint density at radius 2 is 1.93 bits per heavy atom. The number of rotatable bonds is 5. The van der Waals surface area contributed by atoms with Gasteiger partial charge in [-0.25, -0.2) is 0 Å². The van der Waals surface area contributed by atoms with Crippen molar-refractivity contribution in [2.45, 2.75) is 20.0 Å². The maximum absolute atomic E-state index is 13.0. The van der Waals surface area contributed by atoms with Gasteiger partial charge in [-0.1, -0.05) is 30.3 Å². The molecule has 1 aromatic carbocycles. The third-order valence-electron chi connectivity index (χ3n) is 4.80. The van der Waals surface area contributed by atoms with Crippen molar-refractivity contribution in [3.05, 3.63) is 93.8 Å². The molecule has 7 heteroatoms. The van der Waals surface area contributed by atoms with E-state index in [4.69, 9.17) is 0 Å². The van der Waals surface area contributed by atoms with E-state index in [0.717, 1.165) is 11.1 Å². The van der Waals surface area contributed by atoms with Crippen molar-refractivity contribution in [1.82, 2.24) is 24.6 Å². The first-order valence-electron chi connectivity index (χ1n) is 9.32. The lowest BCUT2D eigenvalue weighted by Gasteiger charge is -2.10. The third kappa shape index (κ3) is 3.94. The van der Waals surface area contributed by atoms with Gasteiger partial charge in [-0.2, -0.15) is 5.10 Å². The van der Waals surface area contributed by atoms with Crippen molar-refractivity contribution < 1.29 is 4.79 Å². The van der Waals surface area contributed by atoms with Gasteiger partial charge in [0.25, 0.3) is 11.5 Å². The Hall–Kier alpha value is -3.74. The van der Waals surface area contributed by atoms with Crippen LogP contribution in [0.3, 0.4) is 0 Å². The summed E-state index contributed by atoms with van der Waals surface area (Å²) in [5.74, 6) is -0.265. The average Bonchev–Trinajstić information content (AvgIpc) is 3.14. The molecule has 0 atom stereocenters. The second-order valence-corrected chi connectivity index (χ2v) is 6.99. The molecule has 3 aromatic heterocycles. The number of aromatic nitrogens is 4. The molecule has 7 nitrogen and oxygen atoms in total. The molecule has 146 valence electrons. The number of carbonyl (C=O) groups is 1. The van der Waals surface area contributed by atoms with Gasteiger partial charge in [0.15, 0.2) is 0 Å². The van der Waals surface area contributed by atoms with Gasteiger partial charge in [0, 0.05) is 31.5 Å². The fourth-order valence-corrected chi connectivity index (χ4v) is 3.28. The monoisotopic (exact) mass is 387 g/mol. The second kappa shape index (κ2) is 7.71. The lowest BCUT2D eigenvalue weighted by molar-refractivity contribution is 0.0950. The molecule has 0 aliphatic rings. The molecule has 0 saturated heterocycles. The van der Waals surface area contributed by atoms with E-state index < -0.39 is 0 Å². The van der Waals surface area contributed by atoms with Crippen molar-refractivity contribution in [3.8, 4) is 0 Å². The van der Waals surface area contributed by atoms with E-state index in [9.17, 15) is 9.59 Å². The Bertz CT molecular complexity index is 1240. The first-order chi connectivity index (χ1) is 14.0. The minimum Gasteiger partial charge on any atom is -0.348 e. The highest BCUT2D eigenvalue weighted by atomic mass is 16.1. The van der Waals surface area contributed by atoms with Crippen LogP contribution in [-0.4, -0.2) is 25.2 Å². The van der Waals surface area contributed by atoms with Gasteiger partial charge in [-0.3, -0.25) is 19.3 Å². The van der Waals surface area contributed by atoms with Crippen LogP contribution in [0.4, 0.5) is 0 Å². The van der Waals surface area contributed by atoms with Crippen molar-refractivity contribution in [2.24, 2.45) is 7.05 Å². The highest BCUT2D eigenvalue weighted by molar-refractivity contribution is 5.98. The normalized spacial score (nSPS) is 11.0. The summed E-state index contributed by atoms with van der Waals surface area (Å²) in [5.41, 5.74) is 3.33. The number of carbonyl (C=O) groups excluding carboxylic acids is 1. The zero-order valence-corrected chi connectivity index (χ0v) is 16.3. The summed E-state index contributed by atoms with van der Waals surface area (Å²) in [4.78, 5) is 30.1. The van der Waals surface area contributed by atoms with Crippen LogP contribution >= 0.6 is 0 Å². The predicted molar refractivity (Wildman–Crippen MR) is 111 cm³/mol. The molecule has 0 fully saturated rings. The highest BCUT2D eigenvalue weighted by Crippen LogP contribution is 2.14. The number of hydrogen-bond acceptors (Lipinski definition) is 4. The Morgan fingerprint density at radius 3 is 2.66 bits per heavy atom. The lowest BCUT2D eigenvalue weighted by Crippen LogP contribution is -2.25. The molecule has 0 radical (unpaired) electrons. The van der Waals surface area contributed by atoms with Crippen molar-refractivity contribution in [1.29, 1.82) is 0 Å². The van der Waals surface area contributed by atoms with Crippen molar-refractivity contribution in [3.63, 3.8) is 0 Å². The van der Waals surface area contributed by atoms with Crippen molar-refractivity contribution >= 4 is 16.8 Å². The first-order valence-corrected chi connectivity index (χ1v) is 9.32. The summed E-state index contributed by atoms with van der Waals surface area (Å²) in [6.45, 7) is 2.59. The van der Waals surface area contributed by atoms with Crippen molar-refractivity contribution in [2.75, 3.05) is 0 Å². The predicted octanol–water partition coefficient (Wildman–Crippen LogP) is 2.42. The molecule has 0 aliphatic heterocycles. The standard InChI is InChI=1S/C22H21N5O2/c1-15-18(21(28)23-11-17-12-24-26(2)13-17)10-19-20(25-15)8-9-27(22(19)29)14-16-6-4-3-5-7-16/h3-10,12-13H,11,14H2,1-2H3,(H,23,28). The van der Waals surface area contributed by atoms with Crippen LogP contribution in [0.5, 0.6) is 0 Å². The number of nitrogens with zero attached hydrogens (tertiary/aromatic N) is 4. The van der Waals surface area contributed by atoms with Gasteiger partial charge >= 0.3 is 0 Å². The molecule has 0 spiro atoms. The number of amides is 1. The maximum Gasteiger partial charge on any atom is 0.260 e. The van der Waals surface area contributed by atoms with Crippen LogP contribution in [0, 0.1) is 6.92 Å². The first kappa shape index (κ1) is 18.6. The summed E-state index contributed by atoms with van der Waals surface area (Å²) in [7, 11) is 1.82. The molecule has 29 heavy (non-hydrogen) atoms. The Labute approximate surface area is 167 Å². The molecule has 0 unspecified atom stereocenters. The molecular weight excluding hydrogens is 366 g/mol. The number of hydrogen-bond donors (Lipinski definition) is 1. The number of benzene rings is 1. The highest BCUT2D eigenvalue weighted by Gasteiger charge is 2.14. The van der Waals surface area contributed by atoms with E-state index in [1.807, 2.05) is 49.6 Å². The summed E-state index contributed by atoms with van der Waals surface area (Å²) in [5, 5.41) is 7.39. The molecule has 0 bridgehead atoms. The topological polar surface area (TPSA) is 81.8 Å². The Morgan fingerprint density at radius 1 is 1.14 bits per heavy atom. The van der Waals surface area contributed by atoms with Gasteiger partial charge in [-0.15, -0.1) is 0 Å². The number of pyridine rings is 2. The Balaban J connectivity index is 1.64. The molecule has 4 aromatic rings. The molecule has 3 heterocycles. The zero-order valence-electron chi connectivity index (χ0n) is 16.3. The largest absolute Gasteiger partial charge is 0.348 e. The van der Waals surface area contributed by atoms with Gasteiger partial charge in [0.05, 0.1) is 34.9 Å². The SMILES string of the molecule is Cc1nc2ccn(Cc3ccccc3)c(=O)c2cc1C(=O)NCc1cnn(C)c1. The average molecular weight is 387 g/mol. The van der Waals surface area contributed by atoms with E-state index in [-0.39, 0.29) is 11.5 Å². The minimum absolute atomic E-state index is 0.167. The molecule has 1 amide bonds. The van der Waals surface area contributed by atoms with Crippen LogP contribution < -0.4 is 10.9 Å². The van der Waals surface area contributed by atoms with E-state index in [0.29, 0.717) is 35.2 Å². The third-order valence-corrected chi connectivity index (χ3v) is 4.80. The second-order valence-electron chi connectivity index (χ2n) is 6.99. The summed E-state index contributed by atoms with van der Waals surface area (Å²) < 4.78 is 3.31. The van der Waals surface area contributed by atoms with Gasteiger partial charge in [0.1, 0.15) is 0 Å². The number of aryl methyl sites for hydroxylation is 2. The van der Waals surface area contributed by atoms with Crippen LogP contribution in [0.2, 0.25) is 0 Å². The molecule has 0 saturated carbocycles. The minimum atomic E-state index is -0.265.